The number of aliphatic hydroxyl groups is 7. The summed E-state index contributed by atoms with van der Waals surface area (Å²) in [5, 5.41) is 109. The van der Waals surface area contributed by atoms with Crippen LogP contribution in [-0.4, -0.2) is 172 Å². The molecule has 0 saturated heterocycles. The lowest BCUT2D eigenvalue weighted by atomic mass is 9.90. The normalized spacial score (nSPS) is 13.9. The lowest BCUT2D eigenvalue weighted by Crippen LogP contribution is -2.35. The zero-order valence-electron chi connectivity index (χ0n) is 89.9. The fraction of sp³-hybridized carbons (Fsp3) is 0.412. The van der Waals surface area contributed by atoms with Crippen molar-refractivity contribution in [2.45, 2.75) is 261 Å². The van der Waals surface area contributed by atoms with Crippen molar-refractivity contribution < 1.29 is 76.3 Å². The molecule has 0 spiro atoms. The van der Waals surface area contributed by atoms with Crippen LogP contribution in [-0.2, 0) is 70.9 Å². The van der Waals surface area contributed by atoms with Crippen LogP contribution in [0, 0.1) is 45.2 Å². The topological polar surface area (TPSA) is 362 Å². The fourth-order valence-corrected chi connectivity index (χ4v) is 22.8. The van der Waals surface area contributed by atoms with E-state index in [1.807, 2.05) is 13.0 Å². The number of benzene rings is 16. The number of rotatable bonds is 42. The molecule has 0 heterocycles. The average molecular weight is 2040 g/mol. The molecule has 25 heteroatoms. The van der Waals surface area contributed by atoms with Gasteiger partial charge in [0.05, 0.1) is 75.3 Å². The monoisotopic (exact) mass is 2040 g/mol. The second kappa shape index (κ2) is 60.2. The lowest BCUT2D eigenvalue weighted by molar-refractivity contribution is -0.137. The van der Waals surface area contributed by atoms with Crippen LogP contribution in [0.2, 0.25) is 0 Å². The first-order valence-corrected chi connectivity index (χ1v) is 53.5. The molecule has 0 aliphatic carbocycles. The molecule has 21 nitrogen and oxygen atoms in total. The smallest absolute Gasteiger partial charge is 0.303 e. The summed E-state index contributed by atoms with van der Waals surface area (Å²) >= 11 is 9.47. The highest BCUT2D eigenvalue weighted by atomic mass is 35.7. The molecular formula is C119H149ClN6O15P2S. The maximum absolute atomic E-state index is 13.1. The molecule has 16 aromatic carbocycles. The second-order valence-electron chi connectivity index (χ2n) is 37.8. The van der Waals surface area contributed by atoms with Crippen LogP contribution < -0.4 is 5.73 Å². The van der Waals surface area contributed by atoms with E-state index >= 15 is 0 Å². The van der Waals surface area contributed by atoms with Gasteiger partial charge in [0.1, 0.15) is 17.3 Å². The third kappa shape index (κ3) is 32.4. The number of nitrogens with one attached hydrogen (secondary N) is 1. The van der Waals surface area contributed by atoms with Crippen molar-refractivity contribution in [1.29, 1.82) is 18.2 Å². The molecule has 0 aliphatic heterocycles. The highest BCUT2D eigenvalue weighted by Crippen LogP contribution is 2.51. The van der Waals surface area contributed by atoms with Crippen LogP contribution in [0.15, 0.2) is 218 Å². The van der Waals surface area contributed by atoms with E-state index in [9.17, 15) is 34.5 Å². The standard InChI is InChI=1S/C34H43N2O3P.C25H26O3.C25H26O2.C20H16O2.C9H18ClN2OP.C4H11NO2.2CH4O.HNS/c1-23(2)36(24(3)4)40(38-21-9-20-35)39-26(6)25(5)22-31(37)13-8-10-27-14-15-30-17-16-28-11-7-12-29-18-19-32(27)34(30)33(28)29;1-16(27)21(15-26)14-22(28)7-3-4-17-8-9-20-11-10-18-5-2-6-19-12-13-23(17)25(20)24(18)19;1-16(17(2)26)15-22(27)8-4-5-18-9-10-21-12-11-19-6-3-7-20-13-14-23(18)25(21)24(19)20;21-18(22)6-2-3-13-7-8-16-10-9-14-4-1-5-15-11-12-17(13)20(16)19(14)15;1-8(2)12(9(3)4)14(10)13-7-5-6-11;1-3(7)4(5)2-6;3*1-2/h7,11-12,14-19,23-26H,8-10,13,21-22H2,1-6H3;2,5-6,8-13,16,21,26-27H,3-4,7,14-15H2,1H3;3,6-7,9-14,16-17,26H,4-5,8,15H2,1-2H3;1,4-5,7-12H,2-3,6H2,(H,21,22);8-9H,5,7H2,1-4H3;3-4,6-7H,2,5H2,1H3;2*2H,1H3;1H/t25-,26+,40?;16-,21-;16-,17+;;;3-,4-;;;/m101..0.../s1/i5D;;1D;;;;2*2T;. The predicted molar refractivity (Wildman–Crippen MR) is 601 cm³/mol. The maximum atomic E-state index is 13.1. The van der Waals surface area contributed by atoms with Gasteiger partial charge in [-0.2, -0.15) is 10.5 Å². The number of ketones is 3. The molecule has 16 rings (SSSR count). The molecule has 16 aromatic rings. The predicted octanol–water partition coefficient (Wildman–Crippen LogP) is 26.6. The highest BCUT2D eigenvalue weighted by molar-refractivity contribution is 7.78. The van der Waals surface area contributed by atoms with Crippen molar-refractivity contribution in [3.63, 3.8) is 0 Å². The van der Waals surface area contributed by atoms with Crippen molar-refractivity contribution in [3.8, 4) is 12.1 Å². The largest absolute Gasteiger partial charge is 0.481 e. The Labute approximate surface area is 868 Å². The first-order chi connectivity index (χ1) is 71.2. The molecule has 768 valence electrons. The first-order valence-electron chi connectivity index (χ1n) is 52.1. The number of aryl methyl sites for hydroxylation is 4. The average Bonchev–Trinajstić information content (AvgIpc) is 0.754. The Morgan fingerprint density at radius 2 is 0.694 bits per heavy atom. The summed E-state index contributed by atoms with van der Waals surface area (Å²) in [5.74, 6) is -1.10. The Morgan fingerprint density at radius 1 is 0.417 bits per heavy atom. The minimum Gasteiger partial charge on any atom is -0.481 e. The Bertz CT molecular complexity index is 6620. The summed E-state index contributed by atoms with van der Waals surface area (Å²) in [7, 11) is 0.0973. The van der Waals surface area contributed by atoms with Crippen LogP contribution in [0.1, 0.15) is 205 Å². The molecule has 0 aliphatic rings. The van der Waals surface area contributed by atoms with Crippen molar-refractivity contribution in [2.24, 2.45) is 23.5 Å². The number of aliphatic carboxylic acids is 1. The van der Waals surface area contributed by atoms with Gasteiger partial charge in [0, 0.05) is 111 Å². The van der Waals surface area contributed by atoms with Crippen LogP contribution in [0.5, 0.6) is 0 Å². The molecule has 0 bridgehead atoms. The van der Waals surface area contributed by atoms with Gasteiger partial charge in [-0.05, 0) is 309 Å². The van der Waals surface area contributed by atoms with Gasteiger partial charge < -0.3 is 60.2 Å². The van der Waals surface area contributed by atoms with Gasteiger partial charge in [0.2, 0.25) is 10.5 Å². The van der Waals surface area contributed by atoms with Gasteiger partial charge in [-0.15, -0.1) is 0 Å². The van der Waals surface area contributed by atoms with E-state index in [0.717, 1.165) is 44.9 Å². The molecule has 0 amide bonds. The summed E-state index contributed by atoms with van der Waals surface area (Å²) in [6.45, 7) is 24.2. The van der Waals surface area contributed by atoms with E-state index in [0.29, 0.717) is 76.7 Å². The number of Topliss-reactive ketones (excluding diaryl/α,β-unsaturated/α-hetero) is 3. The Balaban J connectivity index is 0.000000224. The number of carboxylic acids is 1. The highest BCUT2D eigenvalue weighted by Gasteiger charge is 2.32. The number of carbonyl (C=O) groups is 4. The summed E-state index contributed by atoms with van der Waals surface area (Å²) in [6.07, 6.45) is 7.49. The number of halogens is 1. The number of aliphatic hydroxyl groups excluding tert-OH is 7. The molecule has 0 fully saturated rings. The number of nitrogens with zero attached hydrogens (tertiary/aromatic N) is 4. The molecule has 144 heavy (non-hydrogen) atoms. The zero-order valence-corrected chi connectivity index (χ0v) is 89.2. The van der Waals surface area contributed by atoms with E-state index in [1.54, 1.807) is 20.8 Å². The van der Waals surface area contributed by atoms with E-state index in [2.05, 4.69) is 312 Å². The lowest BCUT2D eigenvalue weighted by Gasteiger charge is -2.37. The number of nitrogens with two attached hydrogens (primary N) is 1. The Morgan fingerprint density at radius 3 is 0.951 bits per heavy atom. The van der Waals surface area contributed by atoms with Gasteiger partial charge in [-0.3, -0.25) is 19.2 Å². The molecule has 0 aromatic heterocycles. The summed E-state index contributed by atoms with van der Waals surface area (Å²) in [5.41, 5.74) is 10.2. The Kier molecular flexibility index (Phi) is 47.0. The number of hydrogen-bond donors (Lipinski definition) is 10. The van der Waals surface area contributed by atoms with Crippen molar-refractivity contribution >= 4 is 192 Å². The van der Waals surface area contributed by atoms with Gasteiger partial charge in [0.15, 0.2) is 0 Å². The number of nitriles is 2. The summed E-state index contributed by atoms with van der Waals surface area (Å²) in [4.78, 5) is 48.3. The molecule has 2 unspecified atom stereocenters. The van der Waals surface area contributed by atoms with Crippen LogP contribution in [0.4, 0.5) is 0 Å². The van der Waals surface area contributed by atoms with E-state index in [1.165, 1.54) is 166 Å². The maximum Gasteiger partial charge on any atom is 0.303 e. The molecule has 11 N–H and O–H groups in total. The fourth-order valence-electron chi connectivity index (χ4n) is 18.7. The third-order valence-corrected chi connectivity index (χ3v) is 30.9. The third-order valence-electron chi connectivity index (χ3n) is 26.2. The van der Waals surface area contributed by atoms with Gasteiger partial charge in [-0.25, -0.2) is 14.1 Å². The van der Waals surface area contributed by atoms with Gasteiger partial charge in [0.25, 0.3) is 8.53 Å². The van der Waals surface area contributed by atoms with Crippen LogP contribution in [0.3, 0.4) is 0 Å². The molecular weight excluding hydrogens is 1880 g/mol. The number of carboxylic acid groups (broad SMARTS) is 1. The zero-order chi connectivity index (χ0) is 108. The van der Waals surface area contributed by atoms with Crippen LogP contribution >= 0.6 is 27.4 Å². The first kappa shape index (κ1) is 113. The van der Waals surface area contributed by atoms with E-state index < -0.39 is 46.5 Å². The van der Waals surface area contributed by atoms with E-state index in [4.69, 9.17) is 66.8 Å². The summed E-state index contributed by atoms with van der Waals surface area (Å²) in [6, 6.07) is 83.0. The van der Waals surface area contributed by atoms with Crippen LogP contribution in [0.25, 0.3) is 129 Å². The Hall–Kier alpha value is -10.2. The summed E-state index contributed by atoms with van der Waals surface area (Å²) < 4.78 is 54.5. The van der Waals surface area contributed by atoms with Gasteiger partial charge in [-0.1, -0.05) is 232 Å². The number of carbonyl (C=O) groups excluding carboxylic acids is 3. The van der Waals surface area contributed by atoms with Crippen molar-refractivity contribution in [3.05, 3.63) is 241 Å². The quantitative estimate of drug-likeness (QED) is 0.00965. The second-order valence-corrected chi connectivity index (χ2v) is 41.2. The number of hydrogen-bond acceptors (Lipinski definition) is 21. The molecule has 0 saturated carbocycles. The SMILES string of the molecule is CC(C)N(C(C)C)P(Cl)OCCC#N.C[C@H](O)[C@@H](N)CO.C[C@H](O)[C@H](CO)CC(=O)CCCc1ccc2ccc3cccc4ccc1c2c34.N=S.O=C(O)CCCc1ccc2ccc3cccc4ccc1c2c34.[2H]C[C@H](CC(=O)CCCc1ccc2ccc3cccc4ccc1c2c34)[C@H](C)O.[2H]C[C@H](CC(=O)CCCc1ccc2ccc3cccc4ccc1c2c34)[C@H](C)OP(OCCC#N)N(C(C)C)C(C)C.[3H]OC.[3H]OC. The van der Waals surface area contributed by atoms with Gasteiger partial charge >= 0.3 is 5.97 Å². The van der Waals surface area contributed by atoms with E-state index in [-0.39, 0.29) is 93.1 Å². The minimum absolute atomic E-state index is 0.0957. The molecule has 0 radical (unpaired) electrons. The molecule has 10 atom stereocenters. The minimum atomic E-state index is -1.41. The van der Waals surface area contributed by atoms with Crippen molar-refractivity contribution in [1.82, 2.24) is 9.34 Å². The van der Waals surface area contributed by atoms with Crippen molar-refractivity contribution in [2.75, 3.05) is 40.6 Å².